The normalized spacial score (nSPS) is 22.1. The number of amides is 1. The van der Waals surface area contributed by atoms with Gasteiger partial charge in [-0.3, -0.25) is 4.79 Å². The number of hydrogen-bond acceptors (Lipinski definition) is 3. The molecule has 22 heavy (non-hydrogen) atoms. The Hall–Kier alpha value is -0.970. The summed E-state index contributed by atoms with van der Waals surface area (Å²) in [5.41, 5.74) is 6.64. The van der Waals surface area contributed by atoms with Gasteiger partial charge in [0.15, 0.2) is 6.10 Å². The molecule has 124 valence electrons. The fourth-order valence-electron chi connectivity index (χ4n) is 2.84. The van der Waals surface area contributed by atoms with E-state index in [1.54, 1.807) is 19.1 Å². The van der Waals surface area contributed by atoms with Crippen molar-refractivity contribution in [1.82, 2.24) is 4.90 Å². The summed E-state index contributed by atoms with van der Waals surface area (Å²) >= 11 is 5.93. The summed E-state index contributed by atoms with van der Waals surface area (Å²) in [6, 6.07) is 5.63. The van der Waals surface area contributed by atoms with Crippen LogP contribution in [0.2, 0.25) is 5.02 Å². The lowest BCUT2D eigenvalue weighted by Gasteiger charge is -2.26. The highest BCUT2D eigenvalue weighted by Gasteiger charge is 2.34. The van der Waals surface area contributed by atoms with Crippen LogP contribution in [0.4, 0.5) is 0 Å². The highest BCUT2D eigenvalue weighted by molar-refractivity contribution is 6.30. The van der Waals surface area contributed by atoms with Crippen LogP contribution in [0.15, 0.2) is 18.2 Å². The lowest BCUT2D eigenvalue weighted by Crippen LogP contribution is -2.42. The van der Waals surface area contributed by atoms with Gasteiger partial charge in [0.2, 0.25) is 0 Å². The summed E-state index contributed by atoms with van der Waals surface area (Å²) in [7, 11) is 0. The molecule has 1 aromatic rings. The maximum absolute atomic E-state index is 12.5. The van der Waals surface area contributed by atoms with Crippen molar-refractivity contribution in [2.45, 2.75) is 39.3 Å². The van der Waals surface area contributed by atoms with Crippen molar-refractivity contribution in [1.29, 1.82) is 0 Å². The number of nitrogens with two attached hydrogens (primary N) is 1. The van der Waals surface area contributed by atoms with Gasteiger partial charge in [-0.2, -0.15) is 0 Å². The molecule has 0 bridgehead atoms. The van der Waals surface area contributed by atoms with Crippen LogP contribution < -0.4 is 10.5 Å². The second-order valence-electron chi connectivity index (χ2n) is 5.85. The molecule has 2 N–H and O–H groups in total. The van der Waals surface area contributed by atoms with E-state index < -0.39 is 6.10 Å². The third-order valence-electron chi connectivity index (χ3n) is 4.07. The standard InChI is InChI=1S/C16H23ClN2O2.ClH/c1-10-6-14(17)4-5-15(10)21-12(3)16(20)19-9-13(8-18)7-11(19)2;/h4-6,11-13H,7-9,18H2,1-3H3;1H. The number of rotatable bonds is 4. The molecule has 1 fully saturated rings. The smallest absolute Gasteiger partial charge is 0.263 e. The Morgan fingerprint density at radius 3 is 2.77 bits per heavy atom. The van der Waals surface area contributed by atoms with Crippen LogP contribution in [0, 0.1) is 12.8 Å². The molecular weight excluding hydrogens is 323 g/mol. The monoisotopic (exact) mass is 346 g/mol. The zero-order valence-electron chi connectivity index (χ0n) is 13.2. The van der Waals surface area contributed by atoms with Crippen molar-refractivity contribution in [3.05, 3.63) is 28.8 Å². The fraction of sp³-hybridized carbons (Fsp3) is 0.562. The summed E-state index contributed by atoms with van der Waals surface area (Å²) in [6.07, 6.45) is 0.457. The van der Waals surface area contributed by atoms with E-state index in [-0.39, 0.29) is 24.4 Å². The molecule has 0 saturated carbocycles. The van der Waals surface area contributed by atoms with Gasteiger partial charge in [-0.1, -0.05) is 11.6 Å². The summed E-state index contributed by atoms with van der Waals surface area (Å²) in [5, 5.41) is 0.665. The van der Waals surface area contributed by atoms with Gasteiger partial charge in [0.25, 0.3) is 5.91 Å². The van der Waals surface area contributed by atoms with E-state index in [4.69, 9.17) is 22.1 Å². The van der Waals surface area contributed by atoms with Crippen molar-refractivity contribution in [3.63, 3.8) is 0 Å². The summed E-state index contributed by atoms with van der Waals surface area (Å²) < 4.78 is 5.81. The van der Waals surface area contributed by atoms with Crippen LogP contribution >= 0.6 is 24.0 Å². The largest absolute Gasteiger partial charge is 0.481 e. The zero-order valence-corrected chi connectivity index (χ0v) is 14.8. The maximum Gasteiger partial charge on any atom is 0.263 e. The number of ether oxygens (including phenoxy) is 1. The number of nitrogens with zero attached hydrogens (tertiary/aromatic N) is 1. The molecule has 0 spiro atoms. The van der Waals surface area contributed by atoms with Gasteiger partial charge in [-0.25, -0.2) is 0 Å². The van der Waals surface area contributed by atoms with Gasteiger partial charge in [-0.05, 0) is 63.4 Å². The minimum absolute atomic E-state index is 0. The van der Waals surface area contributed by atoms with Gasteiger partial charge in [0, 0.05) is 17.6 Å². The summed E-state index contributed by atoms with van der Waals surface area (Å²) in [6.45, 7) is 7.12. The summed E-state index contributed by atoms with van der Waals surface area (Å²) in [4.78, 5) is 14.4. The Morgan fingerprint density at radius 1 is 1.55 bits per heavy atom. The Kier molecular flexibility index (Phi) is 6.98. The van der Waals surface area contributed by atoms with E-state index in [0.29, 0.717) is 23.2 Å². The number of carbonyl (C=O) groups is 1. The number of aryl methyl sites for hydroxylation is 1. The van der Waals surface area contributed by atoms with Crippen LogP contribution in [-0.4, -0.2) is 36.0 Å². The number of likely N-dealkylation sites (tertiary alicyclic amines) is 1. The van der Waals surface area contributed by atoms with E-state index in [9.17, 15) is 4.79 Å². The van der Waals surface area contributed by atoms with Crippen LogP contribution in [0.1, 0.15) is 25.8 Å². The average Bonchev–Trinajstić information content (AvgIpc) is 2.82. The van der Waals surface area contributed by atoms with Gasteiger partial charge < -0.3 is 15.4 Å². The quantitative estimate of drug-likeness (QED) is 0.911. The van der Waals surface area contributed by atoms with Gasteiger partial charge in [-0.15, -0.1) is 12.4 Å². The van der Waals surface area contributed by atoms with Crippen LogP contribution in [-0.2, 0) is 4.79 Å². The molecule has 1 aromatic carbocycles. The first-order valence-electron chi connectivity index (χ1n) is 7.35. The first kappa shape index (κ1) is 19.1. The number of carbonyl (C=O) groups excluding carboxylic acids is 1. The Labute approximate surface area is 143 Å². The molecule has 4 nitrogen and oxygen atoms in total. The van der Waals surface area contributed by atoms with E-state index in [1.807, 2.05) is 17.9 Å². The highest BCUT2D eigenvalue weighted by Crippen LogP contribution is 2.26. The molecule has 0 aliphatic carbocycles. The van der Waals surface area contributed by atoms with Gasteiger partial charge >= 0.3 is 0 Å². The minimum atomic E-state index is -0.510. The third-order valence-corrected chi connectivity index (χ3v) is 4.30. The van der Waals surface area contributed by atoms with E-state index >= 15 is 0 Å². The topological polar surface area (TPSA) is 55.6 Å². The van der Waals surface area contributed by atoms with Crippen LogP contribution in [0.3, 0.4) is 0 Å². The minimum Gasteiger partial charge on any atom is -0.481 e. The van der Waals surface area contributed by atoms with Crippen molar-refractivity contribution in [3.8, 4) is 5.75 Å². The molecule has 0 radical (unpaired) electrons. The first-order chi connectivity index (χ1) is 9.92. The second-order valence-corrected chi connectivity index (χ2v) is 6.28. The highest BCUT2D eigenvalue weighted by atomic mass is 35.5. The van der Waals surface area contributed by atoms with Gasteiger partial charge in [0.05, 0.1) is 0 Å². The third kappa shape index (κ3) is 4.28. The van der Waals surface area contributed by atoms with Crippen molar-refractivity contribution in [2.75, 3.05) is 13.1 Å². The Bertz CT molecular complexity index is 525. The molecule has 1 saturated heterocycles. The SMILES string of the molecule is Cc1cc(Cl)ccc1OC(C)C(=O)N1CC(CN)CC1C.Cl. The first-order valence-corrected chi connectivity index (χ1v) is 7.73. The molecular formula is C16H24Cl2N2O2. The lowest BCUT2D eigenvalue weighted by molar-refractivity contribution is -0.138. The molecule has 0 aromatic heterocycles. The number of hydrogen-bond donors (Lipinski definition) is 1. The van der Waals surface area contributed by atoms with Crippen molar-refractivity contribution in [2.24, 2.45) is 11.7 Å². The number of benzene rings is 1. The van der Waals surface area contributed by atoms with Crippen LogP contribution in [0.25, 0.3) is 0 Å². The van der Waals surface area contributed by atoms with E-state index in [0.717, 1.165) is 18.5 Å². The van der Waals surface area contributed by atoms with Gasteiger partial charge in [0.1, 0.15) is 5.75 Å². The predicted molar refractivity (Wildman–Crippen MR) is 91.9 cm³/mol. The Balaban J connectivity index is 0.00000242. The van der Waals surface area contributed by atoms with Crippen LogP contribution in [0.5, 0.6) is 5.75 Å². The van der Waals surface area contributed by atoms with E-state index in [2.05, 4.69) is 6.92 Å². The van der Waals surface area contributed by atoms with Crippen molar-refractivity contribution >= 4 is 29.9 Å². The molecule has 1 aliphatic rings. The average molecular weight is 347 g/mol. The maximum atomic E-state index is 12.5. The lowest BCUT2D eigenvalue weighted by atomic mass is 10.1. The number of halogens is 2. The molecule has 1 amide bonds. The molecule has 1 aliphatic heterocycles. The second kappa shape index (κ2) is 8.04. The molecule has 2 rings (SSSR count). The fourth-order valence-corrected chi connectivity index (χ4v) is 3.07. The molecule has 3 unspecified atom stereocenters. The molecule has 3 atom stereocenters. The molecule has 6 heteroatoms. The van der Waals surface area contributed by atoms with E-state index in [1.165, 1.54) is 0 Å². The zero-order chi connectivity index (χ0) is 15.6. The molecule has 1 heterocycles. The predicted octanol–water partition coefficient (Wildman–Crippen LogP) is 3.03. The Morgan fingerprint density at radius 2 is 2.23 bits per heavy atom. The summed E-state index contributed by atoms with van der Waals surface area (Å²) in [5.74, 6) is 1.11. The van der Waals surface area contributed by atoms with Crippen molar-refractivity contribution < 1.29 is 9.53 Å².